The molecule has 0 bridgehead atoms. The van der Waals surface area contributed by atoms with Crippen molar-refractivity contribution in [3.8, 4) is 0 Å². The number of carboxylic acids is 1. The highest BCUT2D eigenvalue weighted by Crippen LogP contribution is 2.26. The van der Waals surface area contributed by atoms with E-state index in [2.05, 4.69) is 10.3 Å². The third-order valence-corrected chi connectivity index (χ3v) is 3.50. The summed E-state index contributed by atoms with van der Waals surface area (Å²) >= 11 is 0. The molecule has 3 rings (SSSR count). The molecule has 0 spiro atoms. The second-order valence-electron chi connectivity index (χ2n) is 5.07. The molecule has 6 heteroatoms. The van der Waals surface area contributed by atoms with E-state index in [0.29, 0.717) is 16.5 Å². The highest BCUT2D eigenvalue weighted by Gasteiger charge is 2.13. The minimum Gasteiger partial charge on any atom is -0.478 e. The summed E-state index contributed by atoms with van der Waals surface area (Å²) in [7, 11) is 0. The average Bonchev–Trinajstić information content (AvgIpc) is 2.61. The van der Waals surface area contributed by atoms with E-state index < -0.39 is 12.1 Å². The van der Waals surface area contributed by atoms with E-state index in [1.54, 1.807) is 6.07 Å². The van der Waals surface area contributed by atoms with Gasteiger partial charge in [0, 0.05) is 23.2 Å². The Morgan fingerprint density at radius 2 is 1.83 bits per heavy atom. The predicted molar refractivity (Wildman–Crippen MR) is 89.0 cm³/mol. The van der Waals surface area contributed by atoms with Gasteiger partial charge in [0.15, 0.2) is 0 Å². The fourth-order valence-electron chi connectivity index (χ4n) is 2.35. The Balaban J connectivity index is 1.79. The monoisotopic (exact) mass is 322 g/mol. The number of fused-ring (bicyclic) bond motifs is 1. The molecule has 3 aromatic rings. The fourth-order valence-corrected chi connectivity index (χ4v) is 2.35. The van der Waals surface area contributed by atoms with E-state index in [-0.39, 0.29) is 12.2 Å². The van der Waals surface area contributed by atoms with Crippen LogP contribution in [-0.4, -0.2) is 22.2 Å². The number of hydrogen-bond donors (Lipinski definition) is 2. The highest BCUT2D eigenvalue weighted by molar-refractivity contribution is 6.09. The summed E-state index contributed by atoms with van der Waals surface area (Å²) in [5.41, 5.74) is 1.47. The summed E-state index contributed by atoms with van der Waals surface area (Å²) in [6, 6.07) is 13.9. The second kappa shape index (κ2) is 6.78. The van der Waals surface area contributed by atoms with Crippen LogP contribution in [0.5, 0.6) is 0 Å². The number of carboxylic acid groups (broad SMARTS) is 1. The zero-order chi connectivity index (χ0) is 16.9. The number of ether oxygens (including phenoxy) is 1. The first kappa shape index (κ1) is 15.5. The lowest BCUT2D eigenvalue weighted by molar-refractivity contribution is 0.0699. The van der Waals surface area contributed by atoms with Crippen LogP contribution in [0.4, 0.5) is 10.5 Å². The quantitative estimate of drug-likeness (QED) is 0.765. The topological polar surface area (TPSA) is 88.5 Å². The van der Waals surface area contributed by atoms with Gasteiger partial charge in [-0.1, -0.05) is 30.3 Å². The number of aromatic carboxylic acids is 1. The van der Waals surface area contributed by atoms with Crippen LogP contribution in [0.2, 0.25) is 0 Å². The Hall–Kier alpha value is -3.41. The SMILES string of the molecule is O=C(Nc1ccc(C(=O)O)c2cnccc12)OCc1ccccc1. The van der Waals surface area contributed by atoms with Crippen molar-refractivity contribution in [2.45, 2.75) is 6.61 Å². The van der Waals surface area contributed by atoms with Crippen molar-refractivity contribution in [1.82, 2.24) is 4.98 Å². The predicted octanol–water partition coefficient (Wildman–Crippen LogP) is 3.68. The third kappa shape index (κ3) is 3.33. The molecule has 1 amide bonds. The number of carbonyl (C=O) groups is 2. The van der Waals surface area contributed by atoms with E-state index in [4.69, 9.17) is 4.74 Å². The maximum absolute atomic E-state index is 12.0. The molecule has 0 saturated carbocycles. The molecular formula is C18H14N2O4. The molecular weight excluding hydrogens is 308 g/mol. The first-order chi connectivity index (χ1) is 11.6. The second-order valence-corrected chi connectivity index (χ2v) is 5.07. The highest BCUT2D eigenvalue weighted by atomic mass is 16.5. The maximum atomic E-state index is 12.0. The lowest BCUT2D eigenvalue weighted by Gasteiger charge is -2.11. The van der Waals surface area contributed by atoms with Gasteiger partial charge < -0.3 is 9.84 Å². The smallest absolute Gasteiger partial charge is 0.411 e. The number of anilines is 1. The van der Waals surface area contributed by atoms with Gasteiger partial charge in [-0.3, -0.25) is 10.3 Å². The van der Waals surface area contributed by atoms with Gasteiger partial charge in [-0.2, -0.15) is 0 Å². The van der Waals surface area contributed by atoms with E-state index in [1.807, 2.05) is 30.3 Å². The van der Waals surface area contributed by atoms with Crippen molar-refractivity contribution in [3.05, 3.63) is 72.1 Å². The van der Waals surface area contributed by atoms with Gasteiger partial charge in [0.05, 0.1) is 11.3 Å². The molecule has 0 unspecified atom stereocenters. The first-order valence-corrected chi connectivity index (χ1v) is 7.23. The van der Waals surface area contributed by atoms with Crippen LogP contribution in [-0.2, 0) is 11.3 Å². The molecule has 0 aliphatic rings. The summed E-state index contributed by atoms with van der Waals surface area (Å²) in [4.78, 5) is 27.2. The molecule has 0 atom stereocenters. The number of carbonyl (C=O) groups excluding carboxylic acids is 1. The van der Waals surface area contributed by atoms with E-state index >= 15 is 0 Å². The van der Waals surface area contributed by atoms with Crippen LogP contribution in [0, 0.1) is 0 Å². The fraction of sp³-hybridized carbons (Fsp3) is 0.0556. The summed E-state index contributed by atoms with van der Waals surface area (Å²) in [6.07, 6.45) is 2.38. The number of pyridine rings is 1. The molecule has 0 aliphatic heterocycles. The van der Waals surface area contributed by atoms with Gasteiger partial charge in [-0.05, 0) is 23.8 Å². The van der Waals surface area contributed by atoms with Crippen molar-refractivity contribution in [2.75, 3.05) is 5.32 Å². The molecule has 0 radical (unpaired) electrons. The first-order valence-electron chi connectivity index (χ1n) is 7.23. The standard InChI is InChI=1S/C18H14N2O4/c21-17(22)14-6-7-16(13-8-9-19-10-15(13)14)20-18(23)24-11-12-4-2-1-3-5-12/h1-10H,11H2,(H,20,23)(H,21,22). The number of hydrogen-bond acceptors (Lipinski definition) is 4. The van der Waals surface area contributed by atoms with Crippen LogP contribution in [0.15, 0.2) is 60.9 Å². The van der Waals surface area contributed by atoms with Crippen molar-refractivity contribution < 1.29 is 19.4 Å². The zero-order valence-electron chi connectivity index (χ0n) is 12.6. The van der Waals surface area contributed by atoms with Gasteiger partial charge in [0.1, 0.15) is 6.61 Å². The summed E-state index contributed by atoms with van der Waals surface area (Å²) < 4.78 is 5.18. The minimum atomic E-state index is -1.05. The molecule has 1 heterocycles. The van der Waals surface area contributed by atoms with Gasteiger partial charge in [-0.25, -0.2) is 9.59 Å². The van der Waals surface area contributed by atoms with Gasteiger partial charge in [0.2, 0.25) is 0 Å². The Bertz CT molecular complexity index is 894. The molecule has 120 valence electrons. The average molecular weight is 322 g/mol. The zero-order valence-corrected chi connectivity index (χ0v) is 12.6. The van der Waals surface area contributed by atoms with Gasteiger partial charge in [-0.15, -0.1) is 0 Å². The molecule has 0 fully saturated rings. The molecule has 2 aromatic carbocycles. The van der Waals surface area contributed by atoms with E-state index in [9.17, 15) is 14.7 Å². The Kier molecular flexibility index (Phi) is 4.38. The van der Waals surface area contributed by atoms with Crippen LogP contribution in [0.25, 0.3) is 10.8 Å². The maximum Gasteiger partial charge on any atom is 0.411 e. The molecule has 0 aliphatic carbocycles. The molecule has 24 heavy (non-hydrogen) atoms. The van der Waals surface area contributed by atoms with Crippen LogP contribution in [0.1, 0.15) is 15.9 Å². The number of nitrogens with zero attached hydrogens (tertiary/aromatic N) is 1. The van der Waals surface area contributed by atoms with Crippen molar-refractivity contribution >= 4 is 28.5 Å². The summed E-state index contributed by atoms with van der Waals surface area (Å²) in [5.74, 6) is -1.05. The van der Waals surface area contributed by atoms with E-state index in [1.165, 1.54) is 24.5 Å². The van der Waals surface area contributed by atoms with Crippen LogP contribution < -0.4 is 5.32 Å². The Morgan fingerprint density at radius 1 is 1.04 bits per heavy atom. The summed E-state index contributed by atoms with van der Waals surface area (Å²) in [6.45, 7) is 0.152. The Morgan fingerprint density at radius 3 is 2.58 bits per heavy atom. The minimum absolute atomic E-state index is 0.126. The largest absolute Gasteiger partial charge is 0.478 e. The normalized spacial score (nSPS) is 10.3. The lowest BCUT2D eigenvalue weighted by Crippen LogP contribution is -2.14. The van der Waals surface area contributed by atoms with Crippen LogP contribution in [0.3, 0.4) is 0 Å². The van der Waals surface area contributed by atoms with E-state index in [0.717, 1.165) is 5.56 Å². The van der Waals surface area contributed by atoms with Crippen molar-refractivity contribution in [2.24, 2.45) is 0 Å². The third-order valence-electron chi connectivity index (χ3n) is 3.50. The Labute approximate surface area is 137 Å². The number of nitrogens with one attached hydrogen (secondary N) is 1. The lowest BCUT2D eigenvalue weighted by atomic mass is 10.1. The van der Waals surface area contributed by atoms with Crippen molar-refractivity contribution in [3.63, 3.8) is 0 Å². The summed E-state index contributed by atoms with van der Waals surface area (Å²) in [5, 5.41) is 12.9. The molecule has 0 saturated heterocycles. The van der Waals surface area contributed by atoms with Crippen LogP contribution >= 0.6 is 0 Å². The number of benzene rings is 2. The number of rotatable bonds is 4. The molecule has 2 N–H and O–H groups in total. The van der Waals surface area contributed by atoms with Crippen molar-refractivity contribution in [1.29, 1.82) is 0 Å². The number of amides is 1. The van der Waals surface area contributed by atoms with Gasteiger partial charge in [0.25, 0.3) is 0 Å². The molecule has 1 aromatic heterocycles. The van der Waals surface area contributed by atoms with Gasteiger partial charge >= 0.3 is 12.1 Å². The molecule has 6 nitrogen and oxygen atoms in total. The number of aromatic nitrogens is 1.